The third-order valence-corrected chi connectivity index (χ3v) is 6.04. The van der Waals surface area contributed by atoms with E-state index in [0.29, 0.717) is 23.1 Å². The van der Waals surface area contributed by atoms with Crippen LogP contribution >= 0.6 is 11.8 Å². The molecule has 0 unspecified atom stereocenters. The molecule has 172 valence electrons. The van der Waals surface area contributed by atoms with Gasteiger partial charge in [-0.25, -0.2) is 0 Å². The summed E-state index contributed by atoms with van der Waals surface area (Å²) in [5.74, 6) is 0.492. The third-order valence-electron chi connectivity index (χ3n) is 5.07. The van der Waals surface area contributed by atoms with Gasteiger partial charge in [0.15, 0.2) is 11.0 Å². The lowest BCUT2D eigenvalue weighted by Crippen LogP contribution is -2.29. The summed E-state index contributed by atoms with van der Waals surface area (Å²) in [7, 11) is 0. The Labute approximate surface area is 198 Å². The van der Waals surface area contributed by atoms with Gasteiger partial charge in [0.05, 0.1) is 11.8 Å². The molecule has 33 heavy (non-hydrogen) atoms. The highest BCUT2D eigenvalue weighted by Crippen LogP contribution is 2.22. The number of hydrogen-bond donors (Lipinski definition) is 2. The van der Waals surface area contributed by atoms with E-state index < -0.39 is 0 Å². The lowest BCUT2D eigenvalue weighted by molar-refractivity contribution is -0.113. The van der Waals surface area contributed by atoms with Crippen molar-refractivity contribution in [1.29, 1.82) is 0 Å². The SMILES string of the molecule is C=CCn1c(SCC(=O)Nc2cc(C)ccc2C)nnc1[C@@H](C)NC(=O)c1cccc(C)c1. The molecular weight excluding hydrogens is 434 g/mol. The van der Waals surface area contributed by atoms with Crippen molar-refractivity contribution in [3.8, 4) is 0 Å². The molecule has 0 radical (unpaired) electrons. The van der Waals surface area contributed by atoms with Crippen molar-refractivity contribution in [3.05, 3.63) is 83.2 Å². The predicted octanol–water partition coefficient (Wildman–Crippen LogP) is 4.61. The summed E-state index contributed by atoms with van der Waals surface area (Å²) < 4.78 is 1.87. The maximum Gasteiger partial charge on any atom is 0.251 e. The molecule has 8 heteroatoms. The van der Waals surface area contributed by atoms with Gasteiger partial charge in [-0.05, 0) is 57.0 Å². The van der Waals surface area contributed by atoms with Crippen LogP contribution in [0, 0.1) is 20.8 Å². The number of aromatic nitrogens is 3. The highest BCUT2D eigenvalue weighted by atomic mass is 32.2. The van der Waals surface area contributed by atoms with E-state index in [1.807, 2.05) is 68.7 Å². The number of carbonyl (C=O) groups excluding carboxylic acids is 2. The van der Waals surface area contributed by atoms with E-state index in [1.54, 1.807) is 12.1 Å². The van der Waals surface area contributed by atoms with E-state index in [1.165, 1.54) is 11.8 Å². The maximum atomic E-state index is 12.6. The Balaban J connectivity index is 1.68. The minimum atomic E-state index is -0.372. The molecule has 3 rings (SSSR count). The van der Waals surface area contributed by atoms with Gasteiger partial charge in [0, 0.05) is 17.8 Å². The molecule has 0 saturated heterocycles. The molecule has 3 aromatic rings. The average molecular weight is 464 g/mol. The van der Waals surface area contributed by atoms with E-state index in [2.05, 4.69) is 27.4 Å². The predicted molar refractivity (Wildman–Crippen MR) is 133 cm³/mol. The number of hydrogen-bond acceptors (Lipinski definition) is 5. The summed E-state index contributed by atoms with van der Waals surface area (Å²) in [6.07, 6.45) is 1.74. The largest absolute Gasteiger partial charge is 0.342 e. The Morgan fingerprint density at radius 1 is 1.12 bits per heavy atom. The van der Waals surface area contributed by atoms with Crippen molar-refractivity contribution in [2.24, 2.45) is 0 Å². The molecule has 1 atom stereocenters. The van der Waals surface area contributed by atoms with Gasteiger partial charge in [0.2, 0.25) is 5.91 Å². The minimum absolute atomic E-state index is 0.121. The highest BCUT2D eigenvalue weighted by molar-refractivity contribution is 7.99. The van der Waals surface area contributed by atoms with Crippen LogP contribution < -0.4 is 10.6 Å². The Morgan fingerprint density at radius 2 is 1.88 bits per heavy atom. The van der Waals surface area contributed by atoms with Crippen LogP contribution in [0.5, 0.6) is 0 Å². The summed E-state index contributed by atoms with van der Waals surface area (Å²) >= 11 is 1.30. The van der Waals surface area contributed by atoms with E-state index in [-0.39, 0.29) is 23.6 Å². The number of thioether (sulfide) groups is 1. The first kappa shape index (κ1) is 24.3. The number of carbonyl (C=O) groups is 2. The number of aryl methyl sites for hydroxylation is 3. The minimum Gasteiger partial charge on any atom is -0.342 e. The van der Waals surface area contributed by atoms with E-state index >= 15 is 0 Å². The molecule has 0 bridgehead atoms. The summed E-state index contributed by atoms with van der Waals surface area (Å²) in [4.78, 5) is 25.2. The van der Waals surface area contributed by atoms with E-state index in [4.69, 9.17) is 0 Å². The first-order valence-electron chi connectivity index (χ1n) is 10.7. The van der Waals surface area contributed by atoms with Crippen LogP contribution in [0.4, 0.5) is 5.69 Å². The highest BCUT2D eigenvalue weighted by Gasteiger charge is 2.20. The second kappa shape index (κ2) is 11.0. The molecule has 0 aliphatic rings. The number of rotatable bonds is 9. The van der Waals surface area contributed by atoms with Gasteiger partial charge in [-0.15, -0.1) is 16.8 Å². The number of anilines is 1. The molecular formula is C25H29N5O2S. The molecule has 2 N–H and O–H groups in total. The summed E-state index contributed by atoms with van der Waals surface area (Å²) in [6.45, 7) is 12.0. The zero-order chi connectivity index (χ0) is 24.0. The zero-order valence-corrected chi connectivity index (χ0v) is 20.2. The van der Waals surface area contributed by atoms with Crippen LogP contribution in [0.15, 0.2) is 60.3 Å². The van der Waals surface area contributed by atoms with Gasteiger partial charge in [0.1, 0.15) is 0 Å². The molecule has 0 saturated carbocycles. The molecule has 2 aromatic carbocycles. The van der Waals surface area contributed by atoms with Gasteiger partial charge in [-0.1, -0.05) is 47.7 Å². The molecule has 0 aliphatic carbocycles. The number of nitrogens with zero attached hydrogens (tertiary/aromatic N) is 3. The van der Waals surface area contributed by atoms with Crippen LogP contribution in [0.1, 0.15) is 45.8 Å². The van der Waals surface area contributed by atoms with Crippen LogP contribution in [-0.2, 0) is 11.3 Å². The fraction of sp³-hybridized carbons (Fsp3) is 0.280. The van der Waals surface area contributed by atoms with Gasteiger partial charge < -0.3 is 15.2 Å². The average Bonchev–Trinajstić information content (AvgIpc) is 3.18. The van der Waals surface area contributed by atoms with Crippen molar-refractivity contribution in [2.75, 3.05) is 11.1 Å². The second-order valence-electron chi connectivity index (χ2n) is 7.96. The Bertz CT molecular complexity index is 1170. The van der Waals surface area contributed by atoms with Crippen molar-refractivity contribution in [2.45, 2.75) is 45.4 Å². The molecule has 0 spiro atoms. The van der Waals surface area contributed by atoms with Crippen LogP contribution in [0.2, 0.25) is 0 Å². The van der Waals surface area contributed by atoms with Gasteiger partial charge in [0.25, 0.3) is 5.91 Å². The van der Waals surface area contributed by atoms with E-state index in [0.717, 1.165) is 22.4 Å². The van der Waals surface area contributed by atoms with Crippen molar-refractivity contribution in [1.82, 2.24) is 20.1 Å². The van der Waals surface area contributed by atoms with Crippen LogP contribution in [0.3, 0.4) is 0 Å². The van der Waals surface area contributed by atoms with Crippen LogP contribution in [-0.4, -0.2) is 32.3 Å². The van der Waals surface area contributed by atoms with Gasteiger partial charge in [-0.2, -0.15) is 0 Å². The quantitative estimate of drug-likeness (QED) is 0.357. The van der Waals surface area contributed by atoms with Crippen LogP contribution in [0.25, 0.3) is 0 Å². The first-order chi connectivity index (χ1) is 15.8. The number of benzene rings is 2. The zero-order valence-electron chi connectivity index (χ0n) is 19.4. The van der Waals surface area contributed by atoms with Gasteiger partial charge >= 0.3 is 0 Å². The standard InChI is InChI=1S/C25H29N5O2S/c1-6-12-30-23(19(5)26-24(32)20-9-7-8-16(2)13-20)28-29-25(30)33-15-22(31)27-21-14-17(3)10-11-18(21)4/h6-11,13-14,19H,1,12,15H2,2-5H3,(H,26,32)(H,27,31)/t19-/m1/s1. The second-order valence-corrected chi connectivity index (χ2v) is 8.90. The number of allylic oxidation sites excluding steroid dienone is 1. The first-order valence-corrected chi connectivity index (χ1v) is 11.7. The van der Waals surface area contributed by atoms with Crippen molar-refractivity contribution >= 4 is 29.3 Å². The summed E-state index contributed by atoms with van der Waals surface area (Å²) in [6, 6.07) is 13.0. The Kier molecular flexibility index (Phi) is 8.06. The maximum absolute atomic E-state index is 12.6. The topological polar surface area (TPSA) is 88.9 Å². The van der Waals surface area contributed by atoms with E-state index in [9.17, 15) is 9.59 Å². The summed E-state index contributed by atoms with van der Waals surface area (Å²) in [5, 5.41) is 15.1. The molecule has 0 aliphatic heterocycles. The smallest absolute Gasteiger partial charge is 0.251 e. The fourth-order valence-corrected chi connectivity index (χ4v) is 4.10. The number of nitrogens with one attached hydrogen (secondary N) is 2. The third kappa shape index (κ3) is 6.32. The summed E-state index contributed by atoms with van der Waals surface area (Å²) in [5.41, 5.74) is 4.51. The monoisotopic (exact) mass is 463 g/mol. The lowest BCUT2D eigenvalue weighted by Gasteiger charge is -2.15. The van der Waals surface area contributed by atoms with Crippen molar-refractivity contribution in [3.63, 3.8) is 0 Å². The fourth-order valence-electron chi connectivity index (χ4n) is 3.35. The molecule has 0 fully saturated rings. The molecule has 2 amide bonds. The Hall–Kier alpha value is -3.39. The molecule has 1 aromatic heterocycles. The molecule has 7 nitrogen and oxygen atoms in total. The van der Waals surface area contributed by atoms with Crippen molar-refractivity contribution < 1.29 is 9.59 Å². The number of amides is 2. The normalized spacial score (nSPS) is 11.6. The molecule has 1 heterocycles. The Morgan fingerprint density at radius 3 is 2.61 bits per heavy atom. The van der Waals surface area contributed by atoms with Gasteiger partial charge in [-0.3, -0.25) is 9.59 Å². The lowest BCUT2D eigenvalue weighted by atomic mass is 10.1.